The summed E-state index contributed by atoms with van der Waals surface area (Å²) in [5.41, 5.74) is 3.45. The predicted octanol–water partition coefficient (Wildman–Crippen LogP) is 3.99. The van der Waals surface area contributed by atoms with Gasteiger partial charge < -0.3 is 4.74 Å². The van der Waals surface area contributed by atoms with Gasteiger partial charge in [0.2, 0.25) is 0 Å². The van der Waals surface area contributed by atoms with Crippen LogP contribution in [0.3, 0.4) is 0 Å². The van der Waals surface area contributed by atoms with Crippen molar-refractivity contribution in [2.75, 3.05) is 0 Å². The molecule has 0 unspecified atom stereocenters. The van der Waals surface area contributed by atoms with Crippen LogP contribution in [0.4, 0.5) is 0 Å². The molecule has 0 bridgehead atoms. The van der Waals surface area contributed by atoms with Gasteiger partial charge in [-0.15, -0.1) is 0 Å². The Morgan fingerprint density at radius 3 is 2.53 bits per heavy atom. The lowest BCUT2D eigenvalue weighted by Crippen LogP contribution is -2.11. The number of carbonyl (C=O) groups excluding carboxylic acids is 1. The van der Waals surface area contributed by atoms with Gasteiger partial charge in [-0.1, -0.05) is 12.1 Å². The van der Waals surface area contributed by atoms with Gasteiger partial charge in [0.1, 0.15) is 5.75 Å². The molecule has 1 aromatic carbocycles. The summed E-state index contributed by atoms with van der Waals surface area (Å²) < 4.78 is 6.25. The predicted molar refractivity (Wildman–Crippen MR) is 77.5 cm³/mol. The molecule has 0 aliphatic carbocycles. The van der Waals surface area contributed by atoms with E-state index in [1.165, 1.54) is 6.20 Å². The van der Waals surface area contributed by atoms with Gasteiger partial charge in [0.15, 0.2) is 0 Å². The third kappa shape index (κ3) is 3.01. The van der Waals surface area contributed by atoms with Gasteiger partial charge in [-0.2, -0.15) is 0 Å². The van der Waals surface area contributed by atoms with Crippen molar-refractivity contribution < 1.29 is 9.53 Å². The molecule has 3 nitrogen and oxygen atoms in total. The van der Waals surface area contributed by atoms with E-state index in [1.54, 1.807) is 12.3 Å². The summed E-state index contributed by atoms with van der Waals surface area (Å²) in [6.07, 6.45) is 3.12. The lowest BCUT2D eigenvalue weighted by Gasteiger charge is -2.12. The molecule has 0 fully saturated rings. The molecule has 2 rings (SSSR count). The standard InChI is InChI=1S/C15H14BrNO2/c1-9-4-5-10(2)14(11(9)3)19-15(18)12-6-13(16)8-17-7-12/h4-8H,1-3H3. The molecule has 2 aromatic rings. The highest BCUT2D eigenvalue weighted by molar-refractivity contribution is 9.10. The fourth-order valence-corrected chi connectivity index (χ4v) is 2.12. The van der Waals surface area contributed by atoms with E-state index in [0.717, 1.165) is 21.2 Å². The number of hydrogen-bond acceptors (Lipinski definition) is 3. The lowest BCUT2D eigenvalue weighted by molar-refractivity contribution is 0.0731. The first-order valence-electron chi connectivity index (χ1n) is 5.88. The highest BCUT2D eigenvalue weighted by atomic mass is 79.9. The minimum atomic E-state index is -0.398. The number of hydrogen-bond donors (Lipinski definition) is 0. The number of ether oxygens (including phenoxy) is 1. The first-order chi connectivity index (χ1) is 8.99. The highest BCUT2D eigenvalue weighted by Crippen LogP contribution is 2.26. The Bertz CT molecular complexity index is 638. The molecule has 0 saturated carbocycles. The van der Waals surface area contributed by atoms with Crippen LogP contribution in [0.15, 0.2) is 35.1 Å². The summed E-state index contributed by atoms with van der Waals surface area (Å²) in [5, 5.41) is 0. The Morgan fingerprint density at radius 1 is 1.16 bits per heavy atom. The van der Waals surface area contributed by atoms with Crippen molar-refractivity contribution in [3.8, 4) is 5.75 Å². The number of esters is 1. The van der Waals surface area contributed by atoms with Gasteiger partial charge in [-0.05, 0) is 59.5 Å². The molecular weight excluding hydrogens is 306 g/mol. The van der Waals surface area contributed by atoms with Gasteiger partial charge in [-0.25, -0.2) is 4.79 Å². The third-order valence-electron chi connectivity index (χ3n) is 3.01. The molecule has 19 heavy (non-hydrogen) atoms. The average Bonchev–Trinajstić information content (AvgIpc) is 2.39. The van der Waals surface area contributed by atoms with Crippen molar-refractivity contribution in [1.82, 2.24) is 4.98 Å². The van der Waals surface area contributed by atoms with Gasteiger partial charge in [0.05, 0.1) is 5.56 Å². The molecule has 0 aliphatic rings. The zero-order chi connectivity index (χ0) is 14.0. The van der Waals surface area contributed by atoms with Crippen LogP contribution in [-0.2, 0) is 0 Å². The van der Waals surface area contributed by atoms with Crippen LogP contribution in [0, 0.1) is 20.8 Å². The van der Waals surface area contributed by atoms with Gasteiger partial charge in [-0.3, -0.25) is 4.98 Å². The molecule has 0 N–H and O–H groups in total. The zero-order valence-electron chi connectivity index (χ0n) is 11.0. The molecule has 1 aromatic heterocycles. The van der Waals surface area contributed by atoms with Crippen LogP contribution >= 0.6 is 15.9 Å². The van der Waals surface area contributed by atoms with Crippen molar-refractivity contribution in [1.29, 1.82) is 0 Å². The summed E-state index contributed by atoms with van der Waals surface area (Å²) in [4.78, 5) is 16.1. The summed E-state index contributed by atoms with van der Waals surface area (Å²) in [5.74, 6) is 0.232. The Kier molecular flexibility index (Phi) is 4.00. The summed E-state index contributed by atoms with van der Waals surface area (Å²) in [6, 6.07) is 5.66. The maximum atomic E-state index is 12.1. The number of halogens is 1. The van der Waals surface area contributed by atoms with Gasteiger partial charge in [0.25, 0.3) is 0 Å². The van der Waals surface area contributed by atoms with Crippen molar-refractivity contribution in [2.45, 2.75) is 20.8 Å². The van der Waals surface area contributed by atoms with E-state index in [4.69, 9.17) is 4.74 Å². The smallest absolute Gasteiger partial charge is 0.345 e. The largest absolute Gasteiger partial charge is 0.422 e. The Balaban J connectivity index is 2.32. The van der Waals surface area contributed by atoms with Crippen molar-refractivity contribution in [3.63, 3.8) is 0 Å². The topological polar surface area (TPSA) is 39.2 Å². The third-order valence-corrected chi connectivity index (χ3v) is 3.44. The molecular formula is C15H14BrNO2. The minimum Gasteiger partial charge on any atom is -0.422 e. The number of rotatable bonds is 2. The van der Waals surface area contributed by atoms with E-state index in [2.05, 4.69) is 20.9 Å². The molecule has 0 amide bonds. The van der Waals surface area contributed by atoms with Crippen LogP contribution in [0.25, 0.3) is 0 Å². The average molecular weight is 320 g/mol. The number of carbonyl (C=O) groups is 1. The second-order valence-electron chi connectivity index (χ2n) is 4.43. The normalized spacial score (nSPS) is 10.3. The Hall–Kier alpha value is -1.68. The monoisotopic (exact) mass is 319 g/mol. The molecule has 1 heterocycles. The SMILES string of the molecule is Cc1ccc(C)c(OC(=O)c2cncc(Br)c2)c1C. The first kappa shape index (κ1) is 13.7. The molecule has 4 heteroatoms. The zero-order valence-corrected chi connectivity index (χ0v) is 12.6. The number of nitrogens with zero attached hydrogens (tertiary/aromatic N) is 1. The quantitative estimate of drug-likeness (QED) is 0.620. The van der Waals surface area contributed by atoms with E-state index < -0.39 is 5.97 Å². The molecule has 0 aliphatic heterocycles. The molecule has 0 radical (unpaired) electrons. The van der Waals surface area contributed by atoms with E-state index in [1.807, 2.05) is 32.9 Å². The van der Waals surface area contributed by atoms with Crippen LogP contribution in [-0.4, -0.2) is 11.0 Å². The second-order valence-corrected chi connectivity index (χ2v) is 5.35. The second kappa shape index (κ2) is 5.53. The van der Waals surface area contributed by atoms with Crippen LogP contribution in [0.5, 0.6) is 5.75 Å². The number of aromatic nitrogens is 1. The molecule has 0 atom stereocenters. The fourth-order valence-electron chi connectivity index (χ4n) is 1.76. The van der Waals surface area contributed by atoms with Crippen molar-refractivity contribution in [2.24, 2.45) is 0 Å². The summed E-state index contributed by atoms with van der Waals surface area (Å²) in [7, 11) is 0. The first-order valence-corrected chi connectivity index (χ1v) is 6.68. The van der Waals surface area contributed by atoms with Crippen molar-refractivity contribution in [3.05, 3.63) is 57.3 Å². The van der Waals surface area contributed by atoms with E-state index in [0.29, 0.717) is 11.3 Å². The van der Waals surface area contributed by atoms with Crippen LogP contribution in [0.1, 0.15) is 27.0 Å². The maximum absolute atomic E-state index is 12.1. The molecule has 98 valence electrons. The molecule has 0 spiro atoms. The Morgan fingerprint density at radius 2 is 1.84 bits per heavy atom. The van der Waals surface area contributed by atoms with Crippen LogP contribution in [0.2, 0.25) is 0 Å². The van der Waals surface area contributed by atoms with E-state index >= 15 is 0 Å². The van der Waals surface area contributed by atoms with Gasteiger partial charge >= 0.3 is 5.97 Å². The van der Waals surface area contributed by atoms with Gasteiger partial charge in [0, 0.05) is 16.9 Å². The minimum absolute atomic E-state index is 0.398. The van der Waals surface area contributed by atoms with Crippen molar-refractivity contribution >= 4 is 21.9 Å². The maximum Gasteiger partial charge on any atom is 0.345 e. The lowest BCUT2D eigenvalue weighted by atomic mass is 10.1. The molecule has 0 saturated heterocycles. The van der Waals surface area contributed by atoms with E-state index in [9.17, 15) is 4.79 Å². The van der Waals surface area contributed by atoms with E-state index in [-0.39, 0.29) is 0 Å². The number of aryl methyl sites for hydroxylation is 2. The number of benzene rings is 1. The summed E-state index contributed by atoms with van der Waals surface area (Å²) >= 11 is 3.29. The fraction of sp³-hybridized carbons (Fsp3) is 0.200. The Labute approximate surface area is 120 Å². The number of pyridine rings is 1. The highest BCUT2D eigenvalue weighted by Gasteiger charge is 2.14. The van der Waals surface area contributed by atoms with Crippen LogP contribution < -0.4 is 4.74 Å². The summed E-state index contributed by atoms with van der Waals surface area (Å²) in [6.45, 7) is 5.87.